The molecule has 0 aromatic carbocycles. The van der Waals surface area contributed by atoms with E-state index in [1.54, 1.807) is 19.1 Å². The van der Waals surface area contributed by atoms with E-state index in [1.807, 2.05) is 0 Å². The fourth-order valence-electron chi connectivity index (χ4n) is 1.09. The van der Waals surface area contributed by atoms with Crippen LogP contribution in [-0.2, 0) is 9.53 Å². The van der Waals surface area contributed by atoms with E-state index in [2.05, 4.69) is 10.3 Å². The van der Waals surface area contributed by atoms with Gasteiger partial charge in [-0.25, -0.2) is 9.78 Å². The fourth-order valence-corrected chi connectivity index (χ4v) is 1.09. The van der Waals surface area contributed by atoms with Gasteiger partial charge in [-0.05, 0) is 19.1 Å². The number of nitrogens with zero attached hydrogens (tertiary/aromatic N) is 1. The Balaban J connectivity index is 2.82. The first kappa shape index (κ1) is 12.0. The molecule has 1 heterocycles. The van der Waals surface area contributed by atoms with E-state index in [9.17, 15) is 9.59 Å². The standard InChI is InChI=1S/C10H13N3O3/c1-2-16-10(15)7-4-3-5-12-9(7)13-6-8(11)14/h3-5H,2,6H2,1H3,(H2,11,14)(H,12,13). The number of primary amides is 1. The Morgan fingerprint density at radius 3 is 2.94 bits per heavy atom. The van der Waals surface area contributed by atoms with Crippen molar-refractivity contribution in [3.05, 3.63) is 23.9 Å². The van der Waals surface area contributed by atoms with Crippen molar-refractivity contribution < 1.29 is 14.3 Å². The fraction of sp³-hybridized carbons (Fsp3) is 0.300. The number of nitrogens with one attached hydrogen (secondary N) is 1. The van der Waals surface area contributed by atoms with Gasteiger partial charge in [-0.3, -0.25) is 4.79 Å². The maximum atomic E-state index is 11.5. The second-order valence-corrected chi connectivity index (χ2v) is 2.94. The van der Waals surface area contributed by atoms with Gasteiger partial charge in [0.1, 0.15) is 11.4 Å². The number of nitrogens with two attached hydrogens (primary N) is 1. The van der Waals surface area contributed by atoms with Gasteiger partial charge in [0.2, 0.25) is 5.91 Å². The Morgan fingerprint density at radius 1 is 1.56 bits per heavy atom. The smallest absolute Gasteiger partial charge is 0.341 e. The molecule has 6 heteroatoms. The number of aromatic nitrogens is 1. The molecule has 1 amide bonds. The molecule has 86 valence electrons. The van der Waals surface area contributed by atoms with Gasteiger partial charge in [0.25, 0.3) is 0 Å². The minimum Gasteiger partial charge on any atom is -0.462 e. The molecule has 0 radical (unpaired) electrons. The number of hydrogen-bond donors (Lipinski definition) is 2. The van der Waals surface area contributed by atoms with Crippen molar-refractivity contribution >= 4 is 17.7 Å². The summed E-state index contributed by atoms with van der Waals surface area (Å²) in [7, 11) is 0. The highest BCUT2D eigenvalue weighted by Gasteiger charge is 2.12. The summed E-state index contributed by atoms with van der Waals surface area (Å²) in [4.78, 5) is 26.0. The Kier molecular flexibility index (Phi) is 4.26. The molecule has 0 saturated heterocycles. The Morgan fingerprint density at radius 2 is 2.31 bits per heavy atom. The van der Waals surface area contributed by atoms with E-state index in [-0.39, 0.29) is 18.7 Å². The van der Waals surface area contributed by atoms with Crippen LogP contribution in [0.25, 0.3) is 0 Å². The molecule has 0 bridgehead atoms. The van der Waals surface area contributed by atoms with E-state index in [0.29, 0.717) is 5.82 Å². The van der Waals surface area contributed by atoms with Crippen LogP contribution in [0.5, 0.6) is 0 Å². The van der Waals surface area contributed by atoms with E-state index in [1.165, 1.54) is 6.20 Å². The number of pyridine rings is 1. The molecule has 16 heavy (non-hydrogen) atoms. The van der Waals surface area contributed by atoms with Crippen molar-refractivity contribution in [2.75, 3.05) is 18.5 Å². The van der Waals surface area contributed by atoms with Crippen LogP contribution in [0.15, 0.2) is 18.3 Å². The van der Waals surface area contributed by atoms with Gasteiger partial charge in [0.15, 0.2) is 0 Å². The minimum atomic E-state index is -0.527. The van der Waals surface area contributed by atoms with E-state index in [0.717, 1.165) is 0 Å². The topological polar surface area (TPSA) is 94.3 Å². The molecular formula is C10H13N3O3. The molecule has 0 saturated carbocycles. The lowest BCUT2D eigenvalue weighted by Crippen LogP contribution is -2.23. The lowest BCUT2D eigenvalue weighted by molar-refractivity contribution is -0.116. The van der Waals surface area contributed by atoms with Crippen molar-refractivity contribution in [1.82, 2.24) is 4.98 Å². The van der Waals surface area contributed by atoms with Gasteiger partial charge in [0.05, 0.1) is 13.2 Å². The minimum absolute atomic E-state index is 0.0799. The molecule has 0 unspecified atom stereocenters. The lowest BCUT2D eigenvalue weighted by Gasteiger charge is -2.08. The van der Waals surface area contributed by atoms with Crippen molar-refractivity contribution in [3.8, 4) is 0 Å². The quantitative estimate of drug-likeness (QED) is 0.693. The Bertz CT molecular complexity index is 393. The summed E-state index contributed by atoms with van der Waals surface area (Å²) in [6.45, 7) is 1.91. The van der Waals surface area contributed by atoms with E-state index < -0.39 is 11.9 Å². The highest BCUT2D eigenvalue weighted by molar-refractivity contribution is 5.95. The third-order valence-corrected chi connectivity index (χ3v) is 1.73. The molecule has 0 aliphatic heterocycles. The maximum absolute atomic E-state index is 11.5. The summed E-state index contributed by atoms with van der Waals surface area (Å²) >= 11 is 0. The summed E-state index contributed by atoms with van der Waals surface area (Å²) in [5.74, 6) is -0.720. The molecule has 0 spiro atoms. The van der Waals surface area contributed by atoms with Gasteiger partial charge in [-0.2, -0.15) is 0 Å². The zero-order chi connectivity index (χ0) is 12.0. The van der Waals surface area contributed by atoms with Crippen LogP contribution >= 0.6 is 0 Å². The predicted molar refractivity (Wildman–Crippen MR) is 57.9 cm³/mol. The molecule has 6 nitrogen and oxygen atoms in total. The van der Waals surface area contributed by atoms with Crippen LogP contribution in [-0.4, -0.2) is 30.0 Å². The van der Waals surface area contributed by atoms with Gasteiger partial charge in [-0.1, -0.05) is 0 Å². The summed E-state index contributed by atoms with van der Waals surface area (Å²) in [5.41, 5.74) is 5.26. The SMILES string of the molecule is CCOC(=O)c1cccnc1NCC(N)=O. The van der Waals surface area contributed by atoms with Gasteiger partial charge >= 0.3 is 5.97 Å². The molecule has 0 fully saturated rings. The number of esters is 1. The summed E-state index contributed by atoms with van der Waals surface area (Å²) in [5, 5.41) is 2.67. The third-order valence-electron chi connectivity index (χ3n) is 1.73. The van der Waals surface area contributed by atoms with Crippen molar-refractivity contribution in [3.63, 3.8) is 0 Å². The van der Waals surface area contributed by atoms with Crippen LogP contribution < -0.4 is 11.1 Å². The average Bonchev–Trinajstić information content (AvgIpc) is 2.27. The first-order valence-electron chi connectivity index (χ1n) is 4.79. The molecular weight excluding hydrogens is 210 g/mol. The Hall–Kier alpha value is -2.11. The van der Waals surface area contributed by atoms with Gasteiger partial charge in [-0.15, -0.1) is 0 Å². The van der Waals surface area contributed by atoms with Crippen molar-refractivity contribution in [2.45, 2.75) is 6.92 Å². The van der Waals surface area contributed by atoms with Crippen LogP contribution in [0.2, 0.25) is 0 Å². The van der Waals surface area contributed by atoms with Crippen LogP contribution in [0, 0.1) is 0 Å². The van der Waals surface area contributed by atoms with E-state index in [4.69, 9.17) is 10.5 Å². The number of rotatable bonds is 5. The second kappa shape index (κ2) is 5.69. The number of anilines is 1. The molecule has 0 atom stereocenters. The Labute approximate surface area is 92.8 Å². The summed E-state index contributed by atoms with van der Waals surface area (Å²) in [6, 6.07) is 3.18. The number of carbonyl (C=O) groups is 2. The summed E-state index contributed by atoms with van der Waals surface area (Å²) < 4.78 is 4.84. The average molecular weight is 223 g/mol. The van der Waals surface area contributed by atoms with Crippen LogP contribution in [0.4, 0.5) is 5.82 Å². The van der Waals surface area contributed by atoms with E-state index >= 15 is 0 Å². The van der Waals surface area contributed by atoms with Gasteiger partial charge in [0, 0.05) is 6.20 Å². The number of ether oxygens (including phenoxy) is 1. The lowest BCUT2D eigenvalue weighted by atomic mass is 10.2. The molecule has 0 aliphatic rings. The first-order chi connectivity index (χ1) is 7.65. The molecule has 3 N–H and O–H groups in total. The number of hydrogen-bond acceptors (Lipinski definition) is 5. The van der Waals surface area contributed by atoms with Crippen molar-refractivity contribution in [2.24, 2.45) is 5.73 Å². The summed E-state index contributed by atoms with van der Waals surface area (Å²) in [6.07, 6.45) is 1.51. The number of carbonyl (C=O) groups excluding carboxylic acids is 2. The molecule has 0 aliphatic carbocycles. The third kappa shape index (κ3) is 3.23. The van der Waals surface area contributed by atoms with Crippen molar-refractivity contribution in [1.29, 1.82) is 0 Å². The zero-order valence-electron chi connectivity index (χ0n) is 8.90. The molecule has 1 rings (SSSR count). The zero-order valence-corrected chi connectivity index (χ0v) is 8.90. The second-order valence-electron chi connectivity index (χ2n) is 2.94. The highest BCUT2D eigenvalue weighted by atomic mass is 16.5. The molecule has 1 aromatic heterocycles. The normalized spacial score (nSPS) is 9.56. The monoisotopic (exact) mass is 223 g/mol. The van der Waals surface area contributed by atoms with Crippen LogP contribution in [0.1, 0.15) is 17.3 Å². The highest BCUT2D eigenvalue weighted by Crippen LogP contribution is 2.12. The van der Waals surface area contributed by atoms with Gasteiger partial charge < -0.3 is 15.8 Å². The molecule has 1 aromatic rings. The predicted octanol–water partition coefficient (Wildman–Crippen LogP) is 0.156. The maximum Gasteiger partial charge on any atom is 0.341 e. The number of amides is 1. The largest absolute Gasteiger partial charge is 0.462 e. The van der Waals surface area contributed by atoms with Crippen LogP contribution in [0.3, 0.4) is 0 Å². The first-order valence-corrected chi connectivity index (χ1v) is 4.79.